The molecule has 16 heavy (non-hydrogen) atoms. The molecule has 0 aliphatic rings. The van der Waals surface area contributed by atoms with Crippen LogP contribution in [0.15, 0.2) is 54.7 Å². The normalized spacial score (nSPS) is 10.0. The van der Waals surface area contributed by atoms with Gasteiger partial charge in [0.05, 0.1) is 6.54 Å². The summed E-state index contributed by atoms with van der Waals surface area (Å²) in [5, 5.41) is 7.64. The van der Waals surface area contributed by atoms with E-state index in [-0.39, 0.29) is 12.3 Å². The summed E-state index contributed by atoms with van der Waals surface area (Å²) in [5.74, 6) is 0.0188. The Morgan fingerprint density at radius 3 is 2.44 bits per heavy atom. The molecule has 2 rings (SSSR count). The van der Waals surface area contributed by atoms with Crippen molar-refractivity contribution in [3.63, 3.8) is 0 Å². The van der Waals surface area contributed by atoms with Crippen molar-refractivity contribution in [1.29, 1.82) is 5.41 Å². The van der Waals surface area contributed by atoms with Gasteiger partial charge in [-0.2, -0.15) is 0 Å². The molecule has 0 atom stereocenters. The summed E-state index contributed by atoms with van der Waals surface area (Å²) < 4.78 is 1.62. The number of nitrogens with one attached hydrogen (secondary N) is 1. The van der Waals surface area contributed by atoms with E-state index in [1.54, 1.807) is 35.0 Å². The smallest absolute Gasteiger partial charge is 0.182 e. The highest BCUT2D eigenvalue weighted by Gasteiger charge is 2.05. The molecular weight excluding hydrogens is 200 g/mol. The molecule has 0 spiro atoms. The number of rotatable bonds is 3. The van der Waals surface area contributed by atoms with Crippen LogP contribution in [0.25, 0.3) is 0 Å². The number of carbonyl (C=O) groups excluding carboxylic acids is 1. The van der Waals surface area contributed by atoms with Gasteiger partial charge in [-0.25, -0.2) is 0 Å². The van der Waals surface area contributed by atoms with Crippen LogP contribution in [-0.4, -0.2) is 10.4 Å². The Morgan fingerprint density at radius 1 is 1.06 bits per heavy atom. The number of hydrogen-bond donors (Lipinski definition) is 1. The second-order valence-corrected chi connectivity index (χ2v) is 3.50. The molecule has 0 bridgehead atoms. The van der Waals surface area contributed by atoms with Gasteiger partial charge in [0.25, 0.3) is 0 Å². The minimum atomic E-state index is 0.0188. The number of nitrogens with zero attached hydrogens (tertiary/aromatic N) is 1. The quantitative estimate of drug-likeness (QED) is 0.775. The highest BCUT2D eigenvalue weighted by molar-refractivity contribution is 5.95. The van der Waals surface area contributed by atoms with Crippen LogP contribution >= 0.6 is 0 Å². The summed E-state index contributed by atoms with van der Waals surface area (Å²) in [6, 6.07) is 14.4. The van der Waals surface area contributed by atoms with E-state index in [0.717, 1.165) is 0 Å². The van der Waals surface area contributed by atoms with Crippen LogP contribution in [-0.2, 0) is 6.54 Å². The molecule has 1 heterocycles. The van der Waals surface area contributed by atoms with Gasteiger partial charge in [0, 0.05) is 11.8 Å². The topological polar surface area (TPSA) is 45.9 Å². The number of carbonyl (C=O) groups is 1. The van der Waals surface area contributed by atoms with E-state index in [4.69, 9.17) is 5.41 Å². The lowest BCUT2D eigenvalue weighted by atomic mass is 10.1. The maximum atomic E-state index is 11.9. The van der Waals surface area contributed by atoms with Crippen LogP contribution in [0.3, 0.4) is 0 Å². The lowest BCUT2D eigenvalue weighted by Gasteiger charge is -2.05. The summed E-state index contributed by atoms with van der Waals surface area (Å²) >= 11 is 0. The van der Waals surface area contributed by atoms with Gasteiger partial charge in [-0.3, -0.25) is 10.2 Å². The van der Waals surface area contributed by atoms with Gasteiger partial charge < -0.3 is 4.57 Å². The van der Waals surface area contributed by atoms with Crippen LogP contribution in [0.2, 0.25) is 0 Å². The van der Waals surface area contributed by atoms with Crippen molar-refractivity contribution in [2.24, 2.45) is 0 Å². The number of aromatic nitrogens is 1. The fraction of sp³-hybridized carbons (Fsp3) is 0.0769. The average molecular weight is 212 g/mol. The average Bonchev–Trinajstić information content (AvgIpc) is 2.33. The molecule has 0 fully saturated rings. The van der Waals surface area contributed by atoms with Crippen LogP contribution in [0.5, 0.6) is 0 Å². The number of benzene rings is 1. The van der Waals surface area contributed by atoms with Crippen LogP contribution in [0, 0.1) is 5.41 Å². The van der Waals surface area contributed by atoms with Gasteiger partial charge in [-0.1, -0.05) is 36.4 Å². The second kappa shape index (κ2) is 4.57. The molecular formula is C13H12N2O. The van der Waals surface area contributed by atoms with Crippen LogP contribution < -0.4 is 5.49 Å². The molecule has 0 unspecified atom stereocenters. The standard InChI is InChI=1S/C13H12N2O/c14-13-8-4-5-9-15(13)10-12(16)11-6-2-1-3-7-11/h1-9,14H,10H2. The molecule has 0 aliphatic carbocycles. The van der Waals surface area contributed by atoms with Crippen molar-refractivity contribution in [3.8, 4) is 0 Å². The van der Waals surface area contributed by atoms with E-state index in [0.29, 0.717) is 11.1 Å². The Hall–Kier alpha value is -2.16. The molecule has 1 N–H and O–H groups in total. The summed E-state index contributed by atoms with van der Waals surface area (Å²) in [4.78, 5) is 11.9. The third kappa shape index (κ3) is 2.25. The Balaban J connectivity index is 2.21. The maximum absolute atomic E-state index is 11.9. The van der Waals surface area contributed by atoms with Crippen molar-refractivity contribution in [2.45, 2.75) is 6.54 Å². The van der Waals surface area contributed by atoms with E-state index in [9.17, 15) is 4.79 Å². The molecule has 80 valence electrons. The highest BCUT2D eigenvalue weighted by Crippen LogP contribution is 2.01. The summed E-state index contributed by atoms with van der Waals surface area (Å²) in [5.41, 5.74) is 1.02. The maximum Gasteiger partial charge on any atom is 0.182 e. The molecule has 0 radical (unpaired) electrons. The lowest BCUT2D eigenvalue weighted by molar-refractivity contribution is 0.0970. The third-order valence-corrected chi connectivity index (χ3v) is 2.35. The monoisotopic (exact) mass is 212 g/mol. The number of pyridine rings is 1. The van der Waals surface area contributed by atoms with E-state index < -0.39 is 0 Å². The minimum Gasteiger partial charge on any atom is -0.326 e. The van der Waals surface area contributed by atoms with Gasteiger partial charge in [-0.15, -0.1) is 0 Å². The Bertz CT molecular complexity index is 543. The summed E-state index contributed by atoms with van der Waals surface area (Å²) in [6.07, 6.45) is 1.74. The van der Waals surface area contributed by atoms with Gasteiger partial charge in [0.1, 0.15) is 5.49 Å². The largest absolute Gasteiger partial charge is 0.326 e. The molecule has 3 nitrogen and oxygen atoms in total. The zero-order valence-corrected chi connectivity index (χ0v) is 8.76. The van der Waals surface area contributed by atoms with E-state index >= 15 is 0 Å². The fourth-order valence-corrected chi connectivity index (χ4v) is 1.48. The SMILES string of the molecule is N=c1ccccn1CC(=O)c1ccccc1. The van der Waals surface area contributed by atoms with Crippen molar-refractivity contribution in [1.82, 2.24) is 4.57 Å². The first kappa shape index (κ1) is 10.4. The van der Waals surface area contributed by atoms with Crippen molar-refractivity contribution in [3.05, 3.63) is 65.8 Å². The number of Topliss-reactive ketones (excluding diaryl/α,β-unsaturated/α-hetero) is 1. The fourth-order valence-electron chi connectivity index (χ4n) is 1.48. The third-order valence-electron chi connectivity index (χ3n) is 2.35. The second-order valence-electron chi connectivity index (χ2n) is 3.50. The molecule has 0 amide bonds. The molecule has 0 saturated carbocycles. The molecule has 2 aromatic rings. The first-order valence-electron chi connectivity index (χ1n) is 5.06. The van der Waals surface area contributed by atoms with E-state index in [1.807, 2.05) is 24.3 Å². The predicted octanol–water partition coefficient (Wildman–Crippen LogP) is 1.85. The van der Waals surface area contributed by atoms with Crippen LogP contribution in [0.4, 0.5) is 0 Å². The van der Waals surface area contributed by atoms with Gasteiger partial charge in [0.2, 0.25) is 0 Å². The molecule has 1 aromatic carbocycles. The van der Waals surface area contributed by atoms with E-state index in [1.165, 1.54) is 0 Å². The minimum absolute atomic E-state index is 0.0188. The molecule has 0 aliphatic heterocycles. The summed E-state index contributed by atoms with van der Waals surface area (Å²) in [6.45, 7) is 0.212. The van der Waals surface area contributed by atoms with Crippen molar-refractivity contribution < 1.29 is 4.79 Å². The van der Waals surface area contributed by atoms with Crippen molar-refractivity contribution in [2.75, 3.05) is 0 Å². The predicted molar refractivity (Wildman–Crippen MR) is 61.1 cm³/mol. The first-order chi connectivity index (χ1) is 7.77. The van der Waals surface area contributed by atoms with Crippen LogP contribution in [0.1, 0.15) is 10.4 Å². The molecule has 0 saturated heterocycles. The van der Waals surface area contributed by atoms with Crippen molar-refractivity contribution >= 4 is 5.78 Å². The van der Waals surface area contributed by atoms with E-state index in [2.05, 4.69) is 0 Å². The lowest BCUT2D eigenvalue weighted by Crippen LogP contribution is -2.22. The van der Waals surface area contributed by atoms with Gasteiger partial charge in [-0.05, 0) is 12.1 Å². The summed E-state index contributed by atoms with van der Waals surface area (Å²) in [7, 11) is 0. The number of hydrogen-bond acceptors (Lipinski definition) is 2. The number of ketones is 1. The van der Waals surface area contributed by atoms with Gasteiger partial charge >= 0.3 is 0 Å². The van der Waals surface area contributed by atoms with Gasteiger partial charge in [0.15, 0.2) is 5.78 Å². The Labute approximate surface area is 93.5 Å². The first-order valence-corrected chi connectivity index (χ1v) is 5.06. The zero-order chi connectivity index (χ0) is 11.4. The Morgan fingerprint density at radius 2 is 1.75 bits per heavy atom. The molecule has 3 heteroatoms. The highest BCUT2D eigenvalue weighted by atomic mass is 16.1. The zero-order valence-electron chi connectivity index (χ0n) is 8.76. The molecule has 1 aromatic heterocycles. The Kier molecular flexibility index (Phi) is 2.96.